The highest BCUT2D eigenvalue weighted by molar-refractivity contribution is 14.0. The summed E-state index contributed by atoms with van der Waals surface area (Å²) in [5.74, 6) is 0.720. The summed E-state index contributed by atoms with van der Waals surface area (Å²) < 4.78 is 5.31. The van der Waals surface area contributed by atoms with Crippen LogP contribution < -0.4 is 16.0 Å². The number of amides is 1. The van der Waals surface area contributed by atoms with Crippen LogP contribution >= 0.6 is 24.0 Å². The van der Waals surface area contributed by atoms with E-state index in [4.69, 9.17) is 4.74 Å². The Balaban J connectivity index is 0. The van der Waals surface area contributed by atoms with Crippen molar-refractivity contribution in [2.45, 2.75) is 72.6 Å². The van der Waals surface area contributed by atoms with Crippen molar-refractivity contribution in [2.24, 2.45) is 4.99 Å². The Bertz CT molecular complexity index is 432. The second kappa shape index (κ2) is 12.6. The molecule has 0 radical (unpaired) electrons. The van der Waals surface area contributed by atoms with E-state index in [1.165, 1.54) is 0 Å². The van der Waals surface area contributed by atoms with E-state index in [0.717, 1.165) is 25.6 Å². The lowest BCUT2D eigenvalue weighted by molar-refractivity contribution is 0.0474. The molecule has 0 spiro atoms. The van der Waals surface area contributed by atoms with Crippen LogP contribution in [0.2, 0.25) is 0 Å². The Labute approximate surface area is 177 Å². The van der Waals surface area contributed by atoms with Gasteiger partial charge < -0.3 is 20.7 Å². The molecule has 7 nitrogen and oxygen atoms in total. The molecule has 0 aromatic heterocycles. The van der Waals surface area contributed by atoms with Crippen molar-refractivity contribution < 1.29 is 9.53 Å². The first-order valence-electron chi connectivity index (χ1n) is 9.13. The highest BCUT2D eigenvalue weighted by atomic mass is 127. The van der Waals surface area contributed by atoms with Crippen molar-refractivity contribution in [3.05, 3.63) is 0 Å². The average molecular weight is 485 g/mol. The normalized spacial score (nSPS) is 13.7. The van der Waals surface area contributed by atoms with Gasteiger partial charge in [0.1, 0.15) is 5.60 Å². The Kier molecular flexibility index (Phi) is 13.3. The zero-order valence-electron chi connectivity index (χ0n) is 18.0. The minimum Gasteiger partial charge on any atom is -0.444 e. The van der Waals surface area contributed by atoms with Crippen molar-refractivity contribution in [1.29, 1.82) is 0 Å². The molecule has 0 saturated carbocycles. The predicted molar refractivity (Wildman–Crippen MR) is 121 cm³/mol. The molecule has 0 saturated heterocycles. The number of nitrogens with zero attached hydrogens (tertiary/aromatic N) is 2. The number of nitrogens with one attached hydrogen (secondary N) is 3. The van der Waals surface area contributed by atoms with Crippen LogP contribution in [0.25, 0.3) is 0 Å². The van der Waals surface area contributed by atoms with Gasteiger partial charge in [-0.3, -0.25) is 9.89 Å². The monoisotopic (exact) mass is 485 g/mol. The van der Waals surface area contributed by atoms with Crippen molar-refractivity contribution in [3.8, 4) is 0 Å². The molecular formula is C18H40IN5O2. The molecule has 0 fully saturated rings. The summed E-state index contributed by atoms with van der Waals surface area (Å²) in [6, 6.07) is 0.418. The highest BCUT2D eigenvalue weighted by Gasteiger charge is 2.24. The van der Waals surface area contributed by atoms with Gasteiger partial charge in [-0.05, 0) is 54.6 Å². The molecule has 1 amide bonds. The Morgan fingerprint density at radius 1 is 1.12 bits per heavy atom. The summed E-state index contributed by atoms with van der Waals surface area (Å²) in [6.07, 6.45) is -0.419. The summed E-state index contributed by atoms with van der Waals surface area (Å²) in [4.78, 5) is 18.6. The molecule has 0 bridgehead atoms. The molecule has 0 aliphatic carbocycles. The van der Waals surface area contributed by atoms with Crippen LogP contribution in [-0.2, 0) is 4.74 Å². The van der Waals surface area contributed by atoms with Crippen molar-refractivity contribution in [3.63, 3.8) is 0 Å². The summed E-state index contributed by atoms with van der Waals surface area (Å²) in [7, 11) is 1.74. The van der Waals surface area contributed by atoms with Crippen LogP contribution in [0.15, 0.2) is 4.99 Å². The third kappa shape index (κ3) is 12.6. The molecular weight excluding hydrogens is 445 g/mol. The van der Waals surface area contributed by atoms with E-state index >= 15 is 0 Å². The van der Waals surface area contributed by atoms with E-state index in [-0.39, 0.29) is 24.0 Å². The number of hydrogen-bond acceptors (Lipinski definition) is 4. The topological polar surface area (TPSA) is 78.0 Å². The third-order valence-electron chi connectivity index (χ3n) is 3.76. The second-order valence-corrected chi connectivity index (χ2v) is 7.89. The van der Waals surface area contributed by atoms with Gasteiger partial charge in [0, 0.05) is 26.2 Å². The minimum absolute atomic E-state index is 0. The summed E-state index contributed by atoms with van der Waals surface area (Å²) >= 11 is 0. The molecule has 3 N–H and O–H groups in total. The van der Waals surface area contributed by atoms with E-state index in [9.17, 15) is 4.79 Å². The van der Waals surface area contributed by atoms with Crippen LogP contribution in [0.1, 0.15) is 55.4 Å². The lowest BCUT2D eigenvalue weighted by Gasteiger charge is -2.30. The number of carbonyl (C=O) groups excluding carboxylic acids is 1. The fourth-order valence-electron chi connectivity index (χ4n) is 2.37. The van der Waals surface area contributed by atoms with Gasteiger partial charge in [0.2, 0.25) is 0 Å². The Hall–Kier alpha value is -0.770. The fourth-order valence-corrected chi connectivity index (χ4v) is 2.37. The lowest BCUT2D eigenvalue weighted by atomic mass is 10.1. The molecule has 0 aliphatic rings. The van der Waals surface area contributed by atoms with Gasteiger partial charge in [-0.2, -0.15) is 0 Å². The van der Waals surface area contributed by atoms with Crippen molar-refractivity contribution in [2.75, 3.05) is 33.2 Å². The zero-order valence-corrected chi connectivity index (χ0v) is 20.4. The van der Waals surface area contributed by atoms with Gasteiger partial charge in [-0.1, -0.05) is 13.8 Å². The Morgan fingerprint density at radius 2 is 1.65 bits per heavy atom. The van der Waals surface area contributed by atoms with Crippen LogP contribution in [-0.4, -0.2) is 67.4 Å². The second-order valence-electron chi connectivity index (χ2n) is 7.89. The minimum atomic E-state index is -0.508. The van der Waals surface area contributed by atoms with Crippen LogP contribution in [0.5, 0.6) is 0 Å². The first kappa shape index (κ1) is 27.4. The number of aliphatic imine (C=N–C) groups is 1. The molecule has 0 aliphatic heterocycles. The lowest BCUT2D eigenvalue weighted by Crippen LogP contribution is -2.55. The molecule has 156 valence electrons. The number of likely N-dealkylation sites (N-methyl/N-ethyl adjacent to an activating group) is 1. The predicted octanol–water partition coefficient (Wildman–Crippen LogP) is 2.80. The van der Waals surface area contributed by atoms with Crippen LogP contribution in [0.4, 0.5) is 4.79 Å². The fraction of sp³-hybridized carbons (Fsp3) is 0.889. The maximum Gasteiger partial charge on any atom is 0.408 e. The molecule has 0 rings (SSSR count). The average Bonchev–Trinajstić information content (AvgIpc) is 2.45. The van der Waals surface area contributed by atoms with Gasteiger partial charge in [-0.25, -0.2) is 4.79 Å². The largest absolute Gasteiger partial charge is 0.444 e. The Morgan fingerprint density at radius 3 is 2.08 bits per heavy atom. The first-order chi connectivity index (χ1) is 11.4. The van der Waals surface area contributed by atoms with Gasteiger partial charge in [0.15, 0.2) is 5.96 Å². The number of carbonyl (C=O) groups is 1. The number of alkyl carbamates (subject to hydrolysis) is 1. The standard InChI is InChI=1S/C18H39N5O2.HI/c1-10-23(11-2)14(3)12-20-15(19-9)21-13-18(7,8)22-16(24)25-17(4,5)6;/h14H,10-13H2,1-9H3,(H,22,24)(H2,19,20,21);1H. The van der Waals surface area contributed by atoms with Gasteiger partial charge in [0.25, 0.3) is 0 Å². The smallest absolute Gasteiger partial charge is 0.408 e. The number of halogens is 1. The summed E-state index contributed by atoms with van der Waals surface area (Å²) in [5, 5.41) is 9.47. The highest BCUT2D eigenvalue weighted by Crippen LogP contribution is 2.09. The molecule has 1 atom stereocenters. The number of guanidine groups is 1. The molecule has 26 heavy (non-hydrogen) atoms. The van der Waals surface area contributed by atoms with E-state index in [1.807, 2.05) is 34.6 Å². The van der Waals surface area contributed by atoms with E-state index in [1.54, 1.807) is 7.05 Å². The van der Waals surface area contributed by atoms with E-state index < -0.39 is 17.2 Å². The number of ether oxygens (including phenoxy) is 1. The van der Waals surface area contributed by atoms with Crippen LogP contribution in [0, 0.1) is 0 Å². The van der Waals surface area contributed by atoms with Gasteiger partial charge in [-0.15, -0.1) is 24.0 Å². The molecule has 0 heterocycles. The maximum absolute atomic E-state index is 11.9. The van der Waals surface area contributed by atoms with Gasteiger partial charge in [0.05, 0.1) is 5.54 Å². The summed E-state index contributed by atoms with van der Waals surface area (Å²) in [6.45, 7) is 19.3. The van der Waals surface area contributed by atoms with Crippen molar-refractivity contribution >= 4 is 36.0 Å². The zero-order chi connectivity index (χ0) is 19.7. The molecule has 1 unspecified atom stereocenters. The molecule has 0 aromatic rings. The SMILES string of the molecule is CCN(CC)C(C)CNC(=NC)NCC(C)(C)NC(=O)OC(C)(C)C.I. The molecule has 0 aromatic carbocycles. The quantitative estimate of drug-likeness (QED) is 0.280. The molecule has 8 heteroatoms. The van der Waals surface area contributed by atoms with E-state index in [0.29, 0.717) is 12.6 Å². The van der Waals surface area contributed by atoms with E-state index in [2.05, 4.69) is 46.6 Å². The third-order valence-corrected chi connectivity index (χ3v) is 3.76. The van der Waals surface area contributed by atoms with Crippen LogP contribution in [0.3, 0.4) is 0 Å². The van der Waals surface area contributed by atoms with Gasteiger partial charge >= 0.3 is 6.09 Å². The number of rotatable bonds is 8. The number of hydrogen-bond donors (Lipinski definition) is 3. The maximum atomic E-state index is 11.9. The summed E-state index contributed by atoms with van der Waals surface area (Å²) in [5.41, 5.74) is -0.976. The van der Waals surface area contributed by atoms with Crippen molar-refractivity contribution in [1.82, 2.24) is 20.9 Å². The first-order valence-corrected chi connectivity index (χ1v) is 9.13.